The number of aryl methyl sites for hydroxylation is 1. The summed E-state index contributed by atoms with van der Waals surface area (Å²) >= 11 is 3.18. The molecule has 1 aromatic heterocycles. The van der Waals surface area contributed by atoms with Gasteiger partial charge in [0.15, 0.2) is 9.84 Å². The fourth-order valence-corrected chi connectivity index (χ4v) is 4.14. The summed E-state index contributed by atoms with van der Waals surface area (Å²) in [4.78, 5) is 11.1. The summed E-state index contributed by atoms with van der Waals surface area (Å²) in [6, 6.07) is 7.68. The summed E-state index contributed by atoms with van der Waals surface area (Å²) in [6.45, 7) is 1.48. The maximum atomic E-state index is 12.3. The number of hydrogen-bond donors (Lipinski definition) is 1. The molecule has 0 aliphatic rings. The van der Waals surface area contributed by atoms with E-state index in [4.69, 9.17) is 9.52 Å². The van der Waals surface area contributed by atoms with Gasteiger partial charge < -0.3 is 9.52 Å². The van der Waals surface area contributed by atoms with Crippen molar-refractivity contribution < 1.29 is 22.7 Å². The molecule has 1 N–H and O–H groups in total. The van der Waals surface area contributed by atoms with Gasteiger partial charge in [0.05, 0.1) is 4.90 Å². The van der Waals surface area contributed by atoms with Crippen LogP contribution in [-0.2, 0) is 15.6 Å². The summed E-state index contributed by atoms with van der Waals surface area (Å²) in [5.74, 6) is -1.23. The molecule has 2 rings (SSSR count). The molecule has 7 heteroatoms. The Balaban J connectivity index is 2.37. The van der Waals surface area contributed by atoms with Crippen molar-refractivity contribution in [3.8, 4) is 0 Å². The smallest absolute Gasteiger partial charge is 0.339 e. The Morgan fingerprint density at radius 1 is 1.35 bits per heavy atom. The maximum Gasteiger partial charge on any atom is 0.339 e. The van der Waals surface area contributed by atoms with Crippen LogP contribution in [0.2, 0.25) is 0 Å². The molecule has 0 aliphatic heterocycles. The molecule has 1 heterocycles. The summed E-state index contributed by atoms with van der Waals surface area (Å²) < 4.78 is 30.2. The van der Waals surface area contributed by atoms with E-state index < -0.39 is 15.8 Å². The largest absolute Gasteiger partial charge is 0.478 e. The van der Waals surface area contributed by atoms with E-state index >= 15 is 0 Å². The lowest BCUT2D eigenvalue weighted by atomic mass is 10.2. The van der Waals surface area contributed by atoms with Gasteiger partial charge in [-0.25, -0.2) is 13.2 Å². The summed E-state index contributed by atoms with van der Waals surface area (Å²) in [5, 5.41) is 8.92. The van der Waals surface area contributed by atoms with Crippen LogP contribution in [0.1, 0.15) is 21.9 Å². The molecule has 0 fully saturated rings. The molecule has 106 valence electrons. The number of carbonyl (C=O) groups is 1. The van der Waals surface area contributed by atoms with E-state index in [-0.39, 0.29) is 27.7 Å². The third-order valence-electron chi connectivity index (χ3n) is 2.70. The Bertz CT molecular complexity index is 761. The SMILES string of the molecule is Cc1oc(CS(=O)(=O)c2ccccc2Br)cc1C(=O)O. The maximum absolute atomic E-state index is 12.3. The number of halogens is 1. The van der Waals surface area contributed by atoms with Gasteiger partial charge in [-0.15, -0.1) is 0 Å². The van der Waals surface area contributed by atoms with E-state index in [0.29, 0.717) is 4.47 Å². The highest BCUT2D eigenvalue weighted by Crippen LogP contribution is 2.26. The molecule has 0 bridgehead atoms. The summed E-state index contributed by atoms with van der Waals surface area (Å²) in [5.41, 5.74) is -0.0256. The van der Waals surface area contributed by atoms with E-state index in [9.17, 15) is 13.2 Å². The third kappa shape index (κ3) is 2.94. The average Bonchev–Trinajstić information content (AvgIpc) is 2.69. The molecule has 0 aliphatic carbocycles. The highest BCUT2D eigenvalue weighted by atomic mass is 79.9. The highest BCUT2D eigenvalue weighted by molar-refractivity contribution is 9.10. The summed E-state index contributed by atoms with van der Waals surface area (Å²) in [7, 11) is -3.61. The van der Waals surface area contributed by atoms with Crippen molar-refractivity contribution in [2.45, 2.75) is 17.6 Å². The number of aromatic carboxylic acids is 1. The lowest BCUT2D eigenvalue weighted by Gasteiger charge is -2.04. The van der Waals surface area contributed by atoms with Crippen molar-refractivity contribution in [3.05, 3.63) is 51.9 Å². The minimum absolute atomic E-state index is 0.0256. The lowest BCUT2D eigenvalue weighted by molar-refractivity contribution is 0.0695. The van der Waals surface area contributed by atoms with Crippen molar-refractivity contribution in [2.24, 2.45) is 0 Å². The monoisotopic (exact) mass is 358 g/mol. The number of sulfone groups is 1. The van der Waals surface area contributed by atoms with Crippen molar-refractivity contribution in [3.63, 3.8) is 0 Å². The minimum atomic E-state index is -3.61. The van der Waals surface area contributed by atoms with Gasteiger partial charge in [0.2, 0.25) is 0 Å². The molecule has 0 amide bonds. The van der Waals surface area contributed by atoms with Crippen LogP contribution in [-0.4, -0.2) is 19.5 Å². The van der Waals surface area contributed by atoms with Gasteiger partial charge >= 0.3 is 5.97 Å². The minimum Gasteiger partial charge on any atom is -0.478 e. The van der Waals surface area contributed by atoms with Crippen LogP contribution in [0, 0.1) is 6.92 Å². The third-order valence-corrected chi connectivity index (χ3v) is 5.35. The molecular weight excluding hydrogens is 348 g/mol. The number of carboxylic acid groups (broad SMARTS) is 1. The van der Waals surface area contributed by atoms with Gasteiger partial charge in [-0.2, -0.15) is 0 Å². The molecule has 0 spiro atoms. The fourth-order valence-electron chi connectivity index (χ4n) is 1.79. The molecule has 0 unspecified atom stereocenters. The lowest BCUT2D eigenvalue weighted by Crippen LogP contribution is -2.05. The quantitative estimate of drug-likeness (QED) is 0.907. The first-order chi connectivity index (χ1) is 9.31. The molecule has 0 atom stereocenters. The molecule has 1 aromatic carbocycles. The van der Waals surface area contributed by atoms with Crippen molar-refractivity contribution >= 4 is 31.7 Å². The van der Waals surface area contributed by atoms with Crippen LogP contribution in [0.4, 0.5) is 0 Å². The second kappa shape index (κ2) is 5.41. The van der Waals surface area contributed by atoms with Gasteiger partial charge in [0.25, 0.3) is 0 Å². The van der Waals surface area contributed by atoms with Crippen LogP contribution >= 0.6 is 15.9 Å². The molecule has 2 aromatic rings. The average molecular weight is 359 g/mol. The second-order valence-electron chi connectivity index (χ2n) is 4.18. The molecule has 5 nitrogen and oxygen atoms in total. The normalized spacial score (nSPS) is 11.5. The van der Waals surface area contributed by atoms with Crippen molar-refractivity contribution in [1.29, 1.82) is 0 Å². The number of hydrogen-bond acceptors (Lipinski definition) is 4. The first-order valence-electron chi connectivity index (χ1n) is 5.61. The van der Waals surface area contributed by atoms with Gasteiger partial charge in [0, 0.05) is 4.47 Å². The Morgan fingerprint density at radius 2 is 2.00 bits per heavy atom. The van der Waals surface area contributed by atoms with Crippen LogP contribution in [0.15, 0.2) is 44.1 Å². The fraction of sp³-hybridized carbons (Fsp3) is 0.154. The first-order valence-corrected chi connectivity index (χ1v) is 8.05. The zero-order chi connectivity index (χ0) is 14.9. The number of rotatable bonds is 4. The predicted octanol–water partition coefficient (Wildman–Crippen LogP) is 3.02. The van der Waals surface area contributed by atoms with Crippen LogP contribution in [0.5, 0.6) is 0 Å². The van der Waals surface area contributed by atoms with Crippen LogP contribution in [0.3, 0.4) is 0 Å². The molecule has 20 heavy (non-hydrogen) atoms. The topological polar surface area (TPSA) is 84.6 Å². The molecule has 0 saturated carbocycles. The Kier molecular flexibility index (Phi) is 4.01. The molecule has 0 radical (unpaired) electrons. The Labute approximate surface area is 124 Å². The summed E-state index contributed by atoms with van der Waals surface area (Å²) in [6.07, 6.45) is 0. The molecular formula is C13H11BrO5S. The highest BCUT2D eigenvalue weighted by Gasteiger charge is 2.22. The van der Waals surface area contributed by atoms with Gasteiger partial charge in [-0.05, 0) is 41.1 Å². The predicted molar refractivity (Wildman–Crippen MR) is 75.4 cm³/mol. The van der Waals surface area contributed by atoms with Gasteiger partial charge in [0.1, 0.15) is 22.8 Å². The number of carboxylic acids is 1. The van der Waals surface area contributed by atoms with Gasteiger partial charge in [-0.1, -0.05) is 12.1 Å². The number of benzene rings is 1. The standard InChI is InChI=1S/C13H11BrO5S/c1-8-10(13(15)16)6-9(19-8)7-20(17,18)12-5-3-2-4-11(12)14/h2-6H,7H2,1H3,(H,15,16). The Hall–Kier alpha value is -1.60. The van der Waals surface area contributed by atoms with Crippen LogP contribution in [0.25, 0.3) is 0 Å². The van der Waals surface area contributed by atoms with Gasteiger partial charge in [-0.3, -0.25) is 0 Å². The van der Waals surface area contributed by atoms with E-state index in [1.807, 2.05) is 0 Å². The first kappa shape index (κ1) is 14.8. The zero-order valence-electron chi connectivity index (χ0n) is 10.5. The number of furan rings is 1. The van der Waals surface area contributed by atoms with E-state index in [2.05, 4.69) is 15.9 Å². The van der Waals surface area contributed by atoms with E-state index in [1.54, 1.807) is 18.2 Å². The molecule has 0 saturated heterocycles. The second-order valence-corrected chi connectivity index (χ2v) is 6.99. The zero-order valence-corrected chi connectivity index (χ0v) is 12.9. The van der Waals surface area contributed by atoms with E-state index in [0.717, 1.165) is 0 Å². The van der Waals surface area contributed by atoms with Crippen molar-refractivity contribution in [2.75, 3.05) is 0 Å². The Morgan fingerprint density at radius 3 is 2.55 bits per heavy atom. The van der Waals surface area contributed by atoms with Crippen molar-refractivity contribution in [1.82, 2.24) is 0 Å². The van der Waals surface area contributed by atoms with Crippen LogP contribution < -0.4 is 0 Å². The van der Waals surface area contributed by atoms with E-state index in [1.165, 1.54) is 19.1 Å².